The lowest BCUT2D eigenvalue weighted by molar-refractivity contribution is 0.101. The van der Waals surface area contributed by atoms with Gasteiger partial charge >= 0.3 is 6.03 Å². The predicted octanol–water partition coefficient (Wildman–Crippen LogP) is 2.43. The molecule has 110 valence electrons. The van der Waals surface area contributed by atoms with Crippen molar-refractivity contribution in [3.8, 4) is 0 Å². The minimum absolute atomic E-state index is 0.0362. The van der Waals surface area contributed by atoms with Crippen LogP contribution < -0.4 is 10.6 Å². The Balaban J connectivity index is 1.93. The molecule has 0 saturated heterocycles. The third kappa shape index (κ3) is 3.92. The first kappa shape index (κ1) is 14.8. The summed E-state index contributed by atoms with van der Waals surface area (Å²) in [7, 11) is 0. The maximum absolute atomic E-state index is 11.9. The molecule has 0 bridgehead atoms. The number of amides is 2. The zero-order valence-electron chi connectivity index (χ0n) is 12.1. The number of rotatable bonds is 5. The van der Waals surface area contributed by atoms with Gasteiger partial charge in [0.2, 0.25) is 0 Å². The number of nitrogens with one attached hydrogen (secondary N) is 2. The molecule has 0 unspecified atom stereocenters. The van der Waals surface area contributed by atoms with E-state index in [9.17, 15) is 9.59 Å². The number of hydrogen-bond acceptors (Lipinski definition) is 3. The molecule has 1 heterocycles. The molecule has 0 aliphatic heterocycles. The van der Waals surface area contributed by atoms with Gasteiger partial charge in [-0.1, -0.05) is 12.1 Å². The van der Waals surface area contributed by atoms with Crippen molar-refractivity contribution in [2.75, 3.05) is 5.32 Å². The molecule has 0 radical (unpaired) electrons. The summed E-state index contributed by atoms with van der Waals surface area (Å²) >= 11 is 0. The normalized spacial score (nSPS) is 10.2. The Morgan fingerprint density at radius 3 is 2.81 bits per heavy atom. The molecule has 1 aromatic heterocycles. The maximum Gasteiger partial charge on any atom is 0.319 e. The number of anilines is 1. The molecule has 0 fully saturated rings. The van der Waals surface area contributed by atoms with Crippen molar-refractivity contribution in [2.24, 2.45) is 0 Å². The number of ketones is 1. The van der Waals surface area contributed by atoms with Crippen LogP contribution >= 0.6 is 0 Å². The van der Waals surface area contributed by atoms with Crippen molar-refractivity contribution in [3.63, 3.8) is 0 Å². The highest BCUT2D eigenvalue weighted by molar-refractivity contribution is 5.96. The van der Waals surface area contributed by atoms with Crippen molar-refractivity contribution < 1.29 is 9.59 Å². The van der Waals surface area contributed by atoms with Crippen LogP contribution in [0.5, 0.6) is 0 Å². The van der Waals surface area contributed by atoms with E-state index in [0.717, 1.165) is 12.2 Å². The summed E-state index contributed by atoms with van der Waals surface area (Å²) in [5.41, 5.74) is 2.09. The van der Waals surface area contributed by atoms with Gasteiger partial charge < -0.3 is 10.6 Å². The minimum atomic E-state index is -0.320. The first-order valence-corrected chi connectivity index (χ1v) is 6.76. The van der Waals surface area contributed by atoms with E-state index in [0.29, 0.717) is 17.8 Å². The van der Waals surface area contributed by atoms with Crippen LogP contribution in [0.2, 0.25) is 0 Å². The van der Waals surface area contributed by atoms with E-state index in [2.05, 4.69) is 15.7 Å². The van der Waals surface area contributed by atoms with Crippen LogP contribution in [0.15, 0.2) is 36.5 Å². The van der Waals surface area contributed by atoms with Crippen LogP contribution in [-0.4, -0.2) is 21.6 Å². The van der Waals surface area contributed by atoms with E-state index in [-0.39, 0.29) is 11.8 Å². The van der Waals surface area contributed by atoms with E-state index < -0.39 is 0 Å². The lowest BCUT2D eigenvalue weighted by Gasteiger charge is -2.09. The fourth-order valence-corrected chi connectivity index (χ4v) is 1.96. The van der Waals surface area contributed by atoms with Gasteiger partial charge in [-0.2, -0.15) is 5.10 Å². The number of carbonyl (C=O) groups excluding carboxylic acids is 2. The predicted molar refractivity (Wildman–Crippen MR) is 80.2 cm³/mol. The molecule has 21 heavy (non-hydrogen) atoms. The Morgan fingerprint density at radius 2 is 2.10 bits per heavy atom. The van der Waals surface area contributed by atoms with Crippen LogP contribution in [0.25, 0.3) is 0 Å². The first-order valence-electron chi connectivity index (χ1n) is 6.76. The molecule has 2 N–H and O–H groups in total. The van der Waals surface area contributed by atoms with Crippen molar-refractivity contribution in [2.45, 2.75) is 26.9 Å². The summed E-state index contributed by atoms with van der Waals surface area (Å²) in [5, 5.41) is 9.60. The molecule has 0 aliphatic rings. The number of nitrogens with zero attached hydrogens (tertiary/aromatic N) is 2. The minimum Gasteiger partial charge on any atom is -0.332 e. The van der Waals surface area contributed by atoms with Gasteiger partial charge in [-0.05, 0) is 32.0 Å². The van der Waals surface area contributed by atoms with Crippen molar-refractivity contribution in [1.82, 2.24) is 15.1 Å². The quantitative estimate of drug-likeness (QED) is 0.829. The summed E-state index contributed by atoms with van der Waals surface area (Å²) in [6, 6.07) is 8.38. The molecule has 0 spiro atoms. The summed E-state index contributed by atoms with van der Waals surface area (Å²) < 4.78 is 1.82. The lowest BCUT2D eigenvalue weighted by Crippen LogP contribution is -2.29. The van der Waals surface area contributed by atoms with Gasteiger partial charge in [0.05, 0.1) is 12.2 Å². The average Bonchev–Trinajstić information content (AvgIpc) is 2.93. The van der Waals surface area contributed by atoms with Gasteiger partial charge in [-0.15, -0.1) is 0 Å². The van der Waals surface area contributed by atoms with Gasteiger partial charge in [0, 0.05) is 24.0 Å². The molecule has 2 amide bonds. The fourth-order valence-electron chi connectivity index (χ4n) is 1.96. The average molecular weight is 286 g/mol. The Kier molecular flexibility index (Phi) is 4.71. The highest BCUT2D eigenvalue weighted by Gasteiger charge is 2.06. The number of Topliss-reactive ketones (excluding diaryl/α,β-unsaturated/α-hetero) is 1. The van der Waals surface area contributed by atoms with Crippen molar-refractivity contribution >= 4 is 17.5 Å². The Morgan fingerprint density at radius 1 is 1.29 bits per heavy atom. The monoisotopic (exact) mass is 286 g/mol. The summed E-state index contributed by atoms with van der Waals surface area (Å²) in [6.07, 6.45) is 1.70. The topological polar surface area (TPSA) is 76.0 Å². The zero-order valence-corrected chi connectivity index (χ0v) is 12.1. The number of aromatic nitrogens is 2. The first-order chi connectivity index (χ1) is 10.1. The molecule has 1 aromatic carbocycles. The molecule has 6 nitrogen and oxygen atoms in total. The Labute approximate surface area is 123 Å². The number of benzene rings is 1. The Hall–Kier alpha value is -2.63. The standard InChI is InChI=1S/C15H18N4O2/c1-3-19-14(7-8-17-19)10-16-15(21)18-13-6-4-5-12(9-13)11(2)20/h4-9H,3,10H2,1-2H3,(H2,16,18,21). The number of urea groups is 1. The largest absolute Gasteiger partial charge is 0.332 e. The van der Waals surface area contributed by atoms with Gasteiger partial charge in [0.15, 0.2) is 5.78 Å². The van der Waals surface area contributed by atoms with Gasteiger partial charge in [0.1, 0.15) is 0 Å². The second-order valence-corrected chi connectivity index (χ2v) is 4.58. The van der Waals surface area contributed by atoms with E-state index in [1.54, 1.807) is 30.5 Å². The molecule has 2 aromatic rings. The number of hydrogen-bond donors (Lipinski definition) is 2. The summed E-state index contributed by atoms with van der Waals surface area (Å²) in [6.45, 7) is 4.63. The van der Waals surface area contributed by atoms with E-state index >= 15 is 0 Å². The number of carbonyl (C=O) groups is 2. The van der Waals surface area contributed by atoms with Crippen LogP contribution in [0, 0.1) is 0 Å². The molecule has 0 saturated carbocycles. The van der Waals surface area contributed by atoms with Crippen LogP contribution in [-0.2, 0) is 13.1 Å². The third-order valence-electron chi connectivity index (χ3n) is 3.06. The van der Waals surface area contributed by atoms with Crippen LogP contribution in [0.4, 0.5) is 10.5 Å². The highest BCUT2D eigenvalue weighted by Crippen LogP contribution is 2.11. The lowest BCUT2D eigenvalue weighted by atomic mass is 10.1. The second-order valence-electron chi connectivity index (χ2n) is 4.58. The molecule has 6 heteroatoms. The fraction of sp³-hybridized carbons (Fsp3) is 0.267. The van der Waals surface area contributed by atoms with Gasteiger partial charge in [-0.25, -0.2) is 4.79 Å². The third-order valence-corrected chi connectivity index (χ3v) is 3.06. The molecule has 0 atom stereocenters. The molecular formula is C15H18N4O2. The highest BCUT2D eigenvalue weighted by atomic mass is 16.2. The van der Waals surface area contributed by atoms with E-state index in [1.807, 2.05) is 17.7 Å². The second kappa shape index (κ2) is 6.69. The van der Waals surface area contributed by atoms with Crippen molar-refractivity contribution in [3.05, 3.63) is 47.8 Å². The maximum atomic E-state index is 11.9. The molecule has 0 aliphatic carbocycles. The van der Waals surface area contributed by atoms with Crippen LogP contribution in [0.1, 0.15) is 29.9 Å². The van der Waals surface area contributed by atoms with E-state index in [1.165, 1.54) is 6.92 Å². The smallest absolute Gasteiger partial charge is 0.319 e. The van der Waals surface area contributed by atoms with Gasteiger partial charge in [-0.3, -0.25) is 9.48 Å². The summed E-state index contributed by atoms with van der Waals surface area (Å²) in [5.74, 6) is -0.0362. The zero-order chi connectivity index (χ0) is 15.2. The van der Waals surface area contributed by atoms with Crippen LogP contribution in [0.3, 0.4) is 0 Å². The molecule has 2 rings (SSSR count). The van der Waals surface area contributed by atoms with Gasteiger partial charge in [0.25, 0.3) is 0 Å². The summed E-state index contributed by atoms with van der Waals surface area (Å²) in [4.78, 5) is 23.1. The Bertz CT molecular complexity index is 649. The number of aryl methyl sites for hydroxylation is 1. The van der Waals surface area contributed by atoms with Crippen molar-refractivity contribution in [1.29, 1.82) is 0 Å². The molecular weight excluding hydrogens is 268 g/mol. The SMILES string of the molecule is CCn1nccc1CNC(=O)Nc1cccc(C(C)=O)c1. The van der Waals surface area contributed by atoms with E-state index in [4.69, 9.17) is 0 Å².